The molecule has 0 aliphatic carbocycles. The number of sulfonamides is 1. The van der Waals surface area contributed by atoms with Gasteiger partial charge in [0.25, 0.3) is 0 Å². The molecule has 3 rings (SSSR count). The van der Waals surface area contributed by atoms with Crippen molar-refractivity contribution in [3.63, 3.8) is 0 Å². The number of carbonyl (C=O) groups is 1. The number of nitrogens with one attached hydrogen (secondary N) is 1. The second-order valence-corrected chi connectivity index (χ2v) is 8.10. The number of benzene rings is 2. The standard InChI is InChI=1S/C18H19F2N3O3S/c19-14-6-7-16(20)17(12-14)21-18(24)13-22-8-10-23(11-9-22)27(25,26)15-4-2-1-3-5-15/h1-7,12H,8-11,13H2,(H,21,24). The molecular weight excluding hydrogens is 376 g/mol. The molecule has 0 unspecified atom stereocenters. The number of piperazine rings is 1. The lowest BCUT2D eigenvalue weighted by molar-refractivity contribution is -0.117. The minimum atomic E-state index is -3.56. The van der Waals surface area contributed by atoms with Crippen molar-refractivity contribution in [2.24, 2.45) is 0 Å². The Morgan fingerprint density at radius 2 is 1.67 bits per heavy atom. The van der Waals surface area contributed by atoms with Crippen LogP contribution in [0.1, 0.15) is 0 Å². The summed E-state index contributed by atoms with van der Waals surface area (Å²) in [5.74, 6) is -1.85. The third kappa shape index (κ3) is 4.68. The van der Waals surface area contributed by atoms with Gasteiger partial charge < -0.3 is 5.32 Å². The van der Waals surface area contributed by atoms with Crippen LogP contribution in [0.15, 0.2) is 53.4 Å². The Morgan fingerprint density at radius 3 is 2.33 bits per heavy atom. The molecule has 0 spiro atoms. The first-order chi connectivity index (χ1) is 12.9. The maximum atomic E-state index is 13.6. The van der Waals surface area contributed by atoms with E-state index in [9.17, 15) is 22.0 Å². The van der Waals surface area contributed by atoms with E-state index in [2.05, 4.69) is 5.32 Å². The average Bonchev–Trinajstić information content (AvgIpc) is 2.66. The summed E-state index contributed by atoms with van der Waals surface area (Å²) >= 11 is 0. The molecule has 1 fully saturated rings. The van der Waals surface area contributed by atoms with Gasteiger partial charge in [0.1, 0.15) is 11.6 Å². The molecule has 1 saturated heterocycles. The van der Waals surface area contributed by atoms with Gasteiger partial charge in [-0.1, -0.05) is 18.2 Å². The Morgan fingerprint density at radius 1 is 1.00 bits per heavy atom. The van der Waals surface area contributed by atoms with Gasteiger partial charge in [-0.3, -0.25) is 9.69 Å². The van der Waals surface area contributed by atoms with Crippen LogP contribution < -0.4 is 5.32 Å². The van der Waals surface area contributed by atoms with E-state index < -0.39 is 27.6 Å². The Labute approximate surface area is 156 Å². The maximum absolute atomic E-state index is 13.6. The zero-order valence-electron chi connectivity index (χ0n) is 14.4. The monoisotopic (exact) mass is 395 g/mol. The zero-order chi connectivity index (χ0) is 19.4. The fraction of sp³-hybridized carbons (Fsp3) is 0.278. The molecule has 0 aromatic heterocycles. The van der Waals surface area contributed by atoms with Gasteiger partial charge in [-0.05, 0) is 24.3 Å². The topological polar surface area (TPSA) is 69.7 Å². The highest BCUT2D eigenvalue weighted by atomic mass is 32.2. The summed E-state index contributed by atoms with van der Waals surface area (Å²) in [6.45, 7) is 1.20. The van der Waals surface area contributed by atoms with Gasteiger partial charge >= 0.3 is 0 Å². The number of rotatable bonds is 5. The van der Waals surface area contributed by atoms with E-state index >= 15 is 0 Å². The van der Waals surface area contributed by atoms with Gasteiger partial charge in [0, 0.05) is 32.2 Å². The summed E-state index contributed by atoms with van der Waals surface area (Å²) in [5, 5.41) is 2.34. The van der Waals surface area contributed by atoms with Crippen molar-refractivity contribution in [2.45, 2.75) is 4.90 Å². The van der Waals surface area contributed by atoms with Crippen molar-refractivity contribution in [3.05, 3.63) is 60.2 Å². The van der Waals surface area contributed by atoms with E-state index in [-0.39, 0.29) is 30.2 Å². The highest BCUT2D eigenvalue weighted by Crippen LogP contribution is 2.18. The van der Waals surface area contributed by atoms with Crippen molar-refractivity contribution in [2.75, 3.05) is 38.0 Å². The second-order valence-electron chi connectivity index (χ2n) is 6.17. The number of nitrogens with zero attached hydrogens (tertiary/aromatic N) is 2. The first-order valence-electron chi connectivity index (χ1n) is 8.39. The fourth-order valence-corrected chi connectivity index (χ4v) is 4.30. The third-order valence-electron chi connectivity index (χ3n) is 4.28. The second kappa shape index (κ2) is 8.12. The number of hydrogen-bond donors (Lipinski definition) is 1. The molecule has 144 valence electrons. The SMILES string of the molecule is O=C(CN1CCN(S(=O)(=O)c2ccccc2)CC1)Nc1cc(F)ccc1F. The van der Waals surface area contributed by atoms with Crippen LogP contribution >= 0.6 is 0 Å². The molecule has 9 heteroatoms. The number of halogens is 2. The predicted octanol–water partition coefficient (Wildman–Crippen LogP) is 1.91. The molecule has 0 bridgehead atoms. The molecule has 1 heterocycles. The van der Waals surface area contributed by atoms with E-state index in [1.807, 2.05) is 0 Å². The number of carbonyl (C=O) groups excluding carboxylic acids is 1. The van der Waals surface area contributed by atoms with Gasteiger partial charge in [-0.15, -0.1) is 0 Å². The highest BCUT2D eigenvalue weighted by molar-refractivity contribution is 7.89. The van der Waals surface area contributed by atoms with Crippen LogP contribution in [0.25, 0.3) is 0 Å². The molecule has 1 aliphatic heterocycles. The van der Waals surface area contributed by atoms with E-state index in [1.165, 1.54) is 4.31 Å². The lowest BCUT2D eigenvalue weighted by Crippen LogP contribution is -2.50. The zero-order valence-corrected chi connectivity index (χ0v) is 15.3. The molecule has 0 atom stereocenters. The minimum Gasteiger partial charge on any atom is -0.322 e. The maximum Gasteiger partial charge on any atom is 0.243 e. The van der Waals surface area contributed by atoms with E-state index in [0.29, 0.717) is 13.1 Å². The van der Waals surface area contributed by atoms with Gasteiger partial charge in [0.05, 0.1) is 17.1 Å². The van der Waals surface area contributed by atoms with Crippen LogP contribution in [0, 0.1) is 11.6 Å². The Balaban J connectivity index is 1.55. The molecule has 1 N–H and O–H groups in total. The summed E-state index contributed by atoms with van der Waals surface area (Å²) in [6.07, 6.45) is 0. The van der Waals surface area contributed by atoms with Crippen LogP contribution in [0.5, 0.6) is 0 Å². The van der Waals surface area contributed by atoms with Crippen LogP contribution in [0.2, 0.25) is 0 Å². The molecule has 27 heavy (non-hydrogen) atoms. The van der Waals surface area contributed by atoms with Gasteiger partial charge in [-0.25, -0.2) is 17.2 Å². The molecule has 1 aliphatic rings. The molecule has 1 amide bonds. The number of anilines is 1. The molecule has 6 nitrogen and oxygen atoms in total. The minimum absolute atomic E-state index is 0.0326. The van der Waals surface area contributed by atoms with Crippen LogP contribution in [0.3, 0.4) is 0 Å². The molecule has 0 saturated carbocycles. The van der Waals surface area contributed by atoms with E-state index in [1.54, 1.807) is 35.2 Å². The largest absolute Gasteiger partial charge is 0.322 e. The summed E-state index contributed by atoms with van der Waals surface area (Å²) in [7, 11) is -3.56. The highest BCUT2D eigenvalue weighted by Gasteiger charge is 2.28. The van der Waals surface area contributed by atoms with Crippen molar-refractivity contribution in [1.82, 2.24) is 9.21 Å². The molecular formula is C18H19F2N3O3S. The summed E-state index contributed by atoms with van der Waals surface area (Å²) < 4.78 is 53.3. The van der Waals surface area contributed by atoms with Crippen LogP contribution in [-0.4, -0.2) is 56.3 Å². The van der Waals surface area contributed by atoms with Crippen molar-refractivity contribution in [1.29, 1.82) is 0 Å². The van der Waals surface area contributed by atoms with Crippen LogP contribution in [-0.2, 0) is 14.8 Å². The first kappa shape index (κ1) is 19.4. The Kier molecular flexibility index (Phi) is 5.83. The third-order valence-corrected chi connectivity index (χ3v) is 6.19. The number of amides is 1. The lowest BCUT2D eigenvalue weighted by atomic mass is 10.3. The van der Waals surface area contributed by atoms with Gasteiger partial charge in [0.15, 0.2) is 0 Å². The van der Waals surface area contributed by atoms with Crippen molar-refractivity contribution < 1.29 is 22.0 Å². The van der Waals surface area contributed by atoms with Gasteiger partial charge in [-0.2, -0.15) is 4.31 Å². The molecule has 2 aromatic carbocycles. The van der Waals surface area contributed by atoms with E-state index in [4.69, 9.17) is 0 Å². The molecule has 2 aromatic rings. The average molecular weight is 395 g/mol. The van der Waals surface area contributed by atoms with Crippen LogP contribution in [0.4, 0.5) is 14.5 Å². The quantitative estimate of drug-likeness (QED) is 0.840. The summed E-state index contributed by atoms with van der Waals surface area (Å²) in [6, 6.07) is 11.0. The smallest absolute Gasteiger partial charge is 0.243 e. The Hall–Kier alpha value is -2.36. The lowest BCUT2D eigenvalue weighted by Gasteiger charge is -2.33. The summed E-state index contributed by atoms with van der Waals surface area (Å²) in [4.78, 5) is 14.1. The normalized spacial score (nSPS) is 16.2. The molecule has 0 radical (unpaired) electrons. The van der Waals surface area contributed by atoms with Gasteiger partial charge in [0.2, 0.25) is 15.9 Å². The first-order valence-corrected chi connectivity index (χ1v) is 9.83. The number of hydrogen-bond acceptors (Lipinski definition) is 4. The van der Waals surface area contributed by atoms with Crippen molar-refractivity contribution >= 4 is 21.6 Å². The van der Waals surface area contributed by atoms with E-state index in [0.717, 1.165) is 18.2 Å². The van der Waals surface area contributed by atoms with Crippen molar-refractivity contribution in [3.8, 4) is 0 Å². The summed E-state index contributed by atoms with van der Waals surface area (Å²) in [5.41, 5.74) is -0.217. The predicted molar refractivity (Wildman–Crippen MR) is 96.6 cm³/mol. The fourth-order valence-electron chi connectivity index (χ4n) is 2.86. The Bertz CT molecular complexity index is 915.